The van der Waals surface area contributed by atoms with Crippen molar-refractivity contribution in [3.63, 3.8) is 0 Å². The summed E-state index contributed by atoms with van der Waals surface area (Å²) in [4.78, 5) is 0. The lowest BCUT2D eigenvalue weighted by Crippen LogP contribution is -2.42. The monoisotopic (exact) mass is 260 g/mol. The molecule has 0 aromatic heterocycles. The van der Waals surface area contributed by atoms with Crippen LogP contribution < -0.4 is 0 Å². The molecule has 3 rings (SSSR count). The number of rotatable bonds is 2. The standard InChI is InChI=1S/C16H19ClN/c1-3-18(4-2)10-13-9-12-7-5-6-8-14(12)16(17)15(13)11-18/h5-9H,3-4,10-11H2,1-2H3/q+1. The van der Waals surface area contributed by atoms with Gasteiger partial charge in [-0.25, -0.2) is 0 Å². The highest BCUT2D eigenvalue weighted by Gasteiger charge is 2.34. The Morgan fingerprint density at radius 2 is 1.83 bits per heavy atom. The van der Waals surface area contributed by atoms with Crippen LogP contribution in [0.2, 0.25) is 5.02 Å². The van der Waals surface area contributed by atoms with Crippen LogP contribution in [0.25, 0.3) is 10.8 Å². The zero-order valence-corrected chi connectivity index (χ0v) is 11.8. The average molecular weight is 261 g/mol. The van der Waals surface area contributed by atoms with Crippen LogP contribution in [0.4, 0.5) is 0 Å². The van der Waals surface area contributed by atoms with Crippen LogP contribution in [0.15, 0.2) is 30.3 Å². The highest BCUT2D eigenvalue weighted by atomic mass is 35.5. The number of benzene rings is 2. The van der Waals surface area contributed by atoms with Crippen molar-refractivity contribution in [1.82, 2.24) is 0 Å². The highest BCUT2D eigenvalue weighted by molar-refractivity contribution is 6.36. The van der Waals surface area contributed by atoms with E-state index < -0.39 is 0 Å². The fourth-order valence-electron chi connectivity index (χ4n) is 3.14. The largest absolute Gasteiger partial charge is 0.317 e. The maximum Gasteiger partial charge on any atom is 0.107 e. The first-order valence-corrected chi connectivity index (χ1v) is 7.11. The second kappa shape index (κ2) is 4.25. The Morgan fingerprint density at radius 1 is 1.11 bits per heavy atom. The van der Waals surface area contributed by atoms with Gasteiger partial charge in [0.2, 0.25) is 0 Å². The zero-order valence-electron chi connectivity index (χ0n) is 11.0. The molecule has 0 fully saturated rings. The number of fused-ring (bicyclic) bond motifs is 2. The minimum Gasteiger partial charge on any atom is -0.317 e. The van der Waals surface area contributed by atoms with E-state index in [2.05, 4.69) is 44.2 Å². The molecule has 94 valence electrons. The number of hydrogen-bond donors (Lipinski definition) is 0. The van der Waals surface area contributed by atoms with Crippen molar-refractivity contribution in [3.8, 4) is 0 Å². The van der Waals surface area contributed by atoms with Gasteiger partial charge in [0.15, 0.2) is 0 Å². The fourth-order valence-corrected chi connectivity index (χ4v) is 3.49. The van der Waals surface area contributed by atoms with E-state index in [1.165, 1.54) is 35.0 Å². The minimum absolute atomic E-state index is 0.977. The van der Waals surface area contributed by atoms with E-state index in [0.717, 1.165) is 22.6 Å². The summed E-state index contributed by atoms with van der Waals surface area (Å²) in [6.07, 6.45) is 0. The lowest BCUT2D eigenvalue weighted by atomic mass is 10.0. The summed E-state index contributed by atoms with van der Waals surface area (Å²) in [6, 6.07) is 10.8. The molecule has 0 saturated carbocycles. The first kappa shape index (κ1) is 12.0. The van der Waals surface area contributed by atoms with Gasteiger partial charge in [0.1, 0.15) is 13.1 Å². The Morgan fingerprint density at radius 3 is 2.56 bits per heavy atom. The van der Waals surface area contributed by atoms with Crippen LogP contribution in [0.1, 0.15) is 25.0 Å². The van der Waals surface area contributed by atoms with Crippen LogP contribution >= 0.6 is 11.6 Å². The van der Waals surface area contributed by atoms with Gasteiger partial charge in [0.05, 0.1) is 18.1 Å². The molecule has 0 radical (unpaired) electrons. The summed E-state index contributed by atoms with van der Waals surface area (Å²) in [5.74, 6) is 0. The molecule has 0 N–H and O–H groups in total. The third-order valence-electron chi connectivity index (χ3n) is 4.52. The summed E-state index contributed by atoms with van der Waals surface area (Å²) < 4.78 is 1.14. The lowest BCUT2D eigenvalue weighted by molar-refractivity contribution is -0.944. The fraction of sp³-hybridized carbons (Fsp3) is 0.375. The maximum absolute atomic E-state index is 6.62. The molecule has 2 heteroatoms. The molecule has 0 unspecified atom stereocenters. The molecule has 0 bridgehead atoms. The van der Waals surface area contributed by atoms with Crippen molar-refractivity contribution in [3.05, 3.63) is 46.5 Å². The smallest absolute Gasteiger partial charge is 0.107 e. The highest BCUT2D eigenvalue weighted by Crippen LogP contribution is 2.38. The first-order chi connectivity index (χ1) is 8.69. The maximum atomic E-state index is 6.62. The van der Waals surface area contributed by atoms with Crippen LogP contribution in [0.3, 0.4) is 0 Å². The molecule has 0 atom stereocenters. The molecule has 0 spiro atoms. The van der Waals surface area contributed by atoms with Gasteiger partial charge in [-0.3, -0.25) is 0 Å². The molecule has 2 aromatic rings. The van der Waals surface area contributed by atoms with Crippen LogP contribution in [0.5, 0.6) is 0 Å². The van der Waals surface area contributed by atoms with Gasteiger partial charge >= 0.3 is 0 Å². The van der Waals surface area contributed by atoms with Gasteiger partial charge < -0.3 is 4.48 Å². The number of hydrogen-bond acceptors (Lipinski definition) is 0. The van der Waals surface area contributed by atoms with E-state index >= 15 is 0 Å². The zero-order chi connectivity index (χ0) is 12.8. The lowest BCUT2D eigenvalue weighted by Gasteiger charge is -2.31. The molecular formula is C16H19ClN+. The van der Waals surface area contributed by atoms with E-state index in [9.17, 15) is 0 Å². The summed E-state index contributed by atoms with van der Waals surface area (Å²) in [5.41, 5.74) is 2.82. The molecule has 1 aliphatic heterocycles. The topological polar surface area (TPSA) is 0 Å². The Labute approximate surface area is 114 Å². The second-order valence-electron chi connectivity index (χ2n) is 5.34. The van der Waals surface area contributed by atoms with Crippen LogP contribution in [-0.2, 0) is 13.1 Å². The minimum atomic E-state index is 0.977. The van der Waals surface area contributed by atoms with E-state index in [0.29, 0.717) is 0 Å². The number of quaternary nitrogens is 1. The van der Waals surface area contributed by atoms with E-state index in [1.807, 2.05) is 0 Å². The number of halogens is 1. The van der Waals surface area contributed by atoms with Crippen molar-refractivity contribution >= 4 is 22.4 Å². The second-order valence-corrected chi connectivity index (χ2v) is 5.72. The molecule has 0 saturated heterocycles. The van der Waals surface area contributed by atoms with Crippen LogP contribution in [-0.4, -0.2) is 17.6 Å². The first-order valence-electron chi connectivity index (χ1n) is 6.73. The Hall–Kier alpha value is -1.05. The van der Waals surface area contributed by atoms with E-state index in [4.69, 9.17) is 11.6 Å². The molecule has 18 heavy (non-hydrogen) atoms. The Kier molecular flexibility index (Phi) is 2.84. The van der Waals surface area contributed by atoms with Gasteiger partial charge in [-0.15, -0.1) is 0 Å². The predicted molar refractivity (Wildman–Crippen MR) is 77.7 cm³/mol. The van der Waals surface area contributed by atoms with E-state index in [-0.39, 0.29) is 0 Å². The third kappa shape index (κ3) is 1.65. The normalized spacial score (nSPS) is 17.1. The van der Waals surface area contributed by atoms with Crippen LogP contribution in [0, 0.1) is 0 Å². The quantitative estimate of drug-likeness (QED) is 0.704. The molecule has 1 heterocycles. The molecule has 1 nitrogen and oxygen atoms in total. The summed E-state index contributed by atoms with van der Waals surface area (Å²) in [6.45, 7) is 9.14. The van der Waals surface area contributed by atoms with Gasteiger partial charge in [0, 0.05) is 16.5 Å². The van der Waals surface area contributed by atoms with E-state index in [1.54, 1.807) is 0 Å². The number of nitrogens with zero attached hydrogens (tertiary/aromatic N) is 1. The van der Waals surface area contributed by atoms with Crippen molar-refractivity contribution in [2.24, 2.45) is 0 Å². The summed E-state index contributed by atoms with van der Waals surface area (Å²) in [7, 11) is 0. The SMILES string of the molecule is CC[N+]1(CC)Cc2cc3ccccc3c(Cl)c2C1. The summed E-state index contributed by atoms with van der Waals surface area (Å²) in [5, 5.41) is 3.45. The Balaban J connectivity index is 2.19. The van der Waals surface area contributed by atoms with Gasteiger partial charge in [-0.1, -0.05) is 35.9 Å². The third-order valence-corrected chi connectivity index (χ3v) is 4.95. The molecule has 2 aromatic carbocycles. The predicted octanol–water partition coefficient (Wildman–Crippen LogP) is 4.36. The van der Waals surface area contributed by atoms with Gasteiger partial charge in [-0.05, 0) is 25.3 Å². The molecule has 0 aliphatic carbocycles. The van der Waals surface area contributed by atoms with Gasteiger partial charge in [0.25, 0.3) is 0 Å². The van der Waals surface area contributed by atoms with Crippen molar-refractivity contribution < 1.29 is 4.48 Å². The van der Waals surface area contributed by atoms with Crippen molar-refractivity contribution in [1.29, 1.82) is 0 Å². The van der Waals surface area contributed by atoms with Gasteiger partial charge in [-0.2, -0.15) is 0 Å². The Bertz CT molecular complexity index is 599. The summed E-state index contributed by atoms with van der Waals surface area (Å²) >= 11 is 6.62. The van der Waals surface area contributed by atoms with Crippen molar-refractivity contribution in [2.75, 3.05) is 13.1 Å². The molecule has 1 aliphatic rings. The molecule has 0 amide bonds. The van der Waals surface area contributed by atoms with Crippen molar-refractivity contribution in [2.45, 2.75) is 26.9 Å². The average Bonchev–Trinajstić information content (AvgIpc) is 2.79. The molecular weight excluding hydrogens is 242 g/mol.